The topological polar surface area (TPSA) is 73.8 Å². The number of aromatic nitrogens is 3. The first kappa shape index (κ1) is 14.2. The van der Waals surface area contributed by atoms with E-state index < -0.39 is 0 Å². The number of nitrogens with zero attached hydrogens (tertiary/aromatic N) is 4. The molecule has 0 aliphatic rings. The second-order valence-electron chi connectivity index (χ2n) is 4.84. The SMILES string of the molecule is CCCc1nccn1Cc1ncc(C)c([N+](=O)[O-])c1C. The first-order chi connectivity index (χ1) is 9.54. The molecule has 2 aromatic heterocycles. The monoisotopic (exact) mass is 274 g/mol. The molecule has 2 aromatic rings. The number of hydrogen-bond donors (Lipinski definition) is 0. The summed E-state index contributed by atoms with van der Waals surface area (Å²) in [6, 6.07) is 0. The van der Waals surface area contributed by atoms with Gasteiger partial charge in [0.25, 0.3) is 5.69 Å². The van der Waals surface area contributed by atoms with Gasteiger partial charge < -0.3 is 4.57 Å². The summed E-state index contributed by atoms with van der Waals surface area (Å²) in [5, 5.41) is 11.1. The van der Waals surface area contributed by atoms with Gasteiger partial charge in [-0.25, -0.2) is 4.98 Å². The zero-order chi connectivity index (χ0) is 14.7. The van der Waals surface area contributed by atoms with Gasteiger partial charge in [0.05, 0.1) is 22.7 Å². The number of rotatable bonds is 5. The summed E-state index contributed by atoms with van der Waals surface area (Å²) in [4.78, 5) is 19.4. The zero-order valence-corrected chi connectivity index (χ0v) is 12.0. The molecule has 2 rings (SSSR count). The maximum absolute atomic E-state index is 11.1. The molecule has 0 saturated carbocycles. The van der Waals surface area contributed by atoms with E-state index in [1.165, 1.54) is 0 Å². The maximum atomic E-state index is 11.1. The third kappa shape index (κ3) is 2.68. The molecule has 0 fully saturated rings. The van der Waals surface area contributed by atoms with Gasteiger partial charge in [-0.2, -0.15) is 0 Å². The Labute approximate surface area is 117 Å². The molecular weight excluding hydrogens is 256 g/mol. The van der Waals surface area contributed by atoms with E-state index >= 15 is 0 Å². The summed E-state index contributed by atoms with van der Waals surface area (Å²) in [6.45, 7) is 6.08. The molecule has 0 aromatic carbocycles. The lowest BCUT2D eigenvalue weighted by molar-refractivity contribution is -0.386. The van der Waals surface area contributed by atoms with Crippen LogP contribution < -0.4 is 0 Å². The Morgan fingerprint density at radius 3 is 2.75 bits per heavy atom. The second kappa shape index (κ2) is 5.81. The fourth-order valence-corrected chi connectivity index (χ4v) is 2.30. The van der Waals surface area contributed by atoms with Crippen LogP contribution in [-0.4, -0.2) is 19.5 Å². The van der Waals surface area contributed by atoms with Crippen molar-refractivity contribution in [2.45, 2.75) is 40.2 Å². The molecule has 0 N–H and O–H groups in total. The van der Waals surface area contributed by atoms with Crippen LogP contribution in [0.15, 0.2) is 18.6 Å². The largest absolute Gasteiger partial charge is 0.329 e. The standard InChI is InChI=1S/C14H18N4O2/c1-4-5-13-15-6-7-17(13)9-12-11(3)14(18(19)20)10(2)8-16-12/h6-8H,4-5,9H2,1-3H3. The van der Waals surface area contributed by atoms with E-state index in [0.29, 0.717) is 17.7 Å². The summed E-state index contributed by atoms with van der Waals surface area (Å²) < 4.78 is 2.00. The van der Waals surface area contributed by atoms with E-state index in [1.807, 2.05) is 10.8 Å². The van der Waals surface area contributed by atoms with Crippen LogP contribution in [0.1, 0.15) is 36.0 Å². The average Bonchev–Trinajstić information content (AvgIpc) is 2.80. The molecule has 0 unspecified atom stereocenters. The lowest BCUT2D eigenvalue weighted by Crippen LogP contribution is -2.09. The Hall–Kier alpha value is -2.24. The van der Waals surface area contributed by atoms with Crippen LogP contribution in [0.4, 0.5) is 5.69 Å². The molecule has 0 saturated heterocycles. The molecule has 0 aliphatic heterocycles. The molecule has 0 aliphatic carbocycles. The Balaban J connectivity index is 2.37. The second-order valence-corrected chi connectivity index (χ2v) is 4.84. The Morgan fingerprint density at radius 1 is 1.35 bits per heavy atom. The minimum Gasteiger partial charge on any atom is -0.329 e. The van der Waals surface area contributed by atoms with Crippen molar-refractivity contribution in [2.75, 3.05) is 0 Å². The number of nitro groups is 1. The van der Waals surface area contributed by atoms with Gasteiger partial charge in [0.1, 0.15) is 5.82 Å². The lowest BCUT2D eigenvalue weighted by Gasteiger charge is -2.10. The van der Waals surface area contributed by atoms with Gasteiger partial charge in [0.15, 0.2) is 0 Å². The quantitative estimate of drug-likeness (QED) is 0.620. The zero-order valence-electron chi connectivity index (χ0n) is 12.0. The van der Waals surface area contributed by atoms with E-state index in [0.717, 1.165) is 24.4 Å². The van der Waals surface area contributed by atoms with Crippen LogP contribution in [0.5, 0.6) is 0 Å². The first-order valence-corrected chi connectivity index (χ1v) is 6.64. The van der Waals surface area contributed by atoms with E-state index in [2.05, 4.69) is 16.9 Å². The summed E-state index contributed by atoms with van der Waals surface area (Å²) >= 11 is 0. The summed E-state index contributed by atoms with van der Waals surface area (Å²) in [5.41, 5.74) is 2.10. The van der Waals surface area contributed by atoms with Crippen molar-refractivity contribution in [1.82, 2.24) is 14.5 Å². The Kier molecular flexibility index (Phi) is 4.12. The molecule has 6 heteroatoms. The highest BCUT2D eigenvalue weighted by Crippen LogP contribution is 2.24. The van der Waals surface area contributed by atoms with Crippen LogP contribution in [0.2, 0.25) is 0 Å². The molecule has 0 amide bonds. The van der Waals surface area contributed by atoms with Crippen LogP contribution in [-0.2, 0) is 13.0 Å². The minimum atomic E-state index is -0.337. The van der Waals surface area contributed by atoms with E-state index in [4.69, 9.17) is 0 Å². The number of pyridine rings is 1. The van der Waals surface area contributed by atoms with Crippen LogP contribution >= 0.6 is 0 Å². The first-order valence-electron chi connectivity index (χ1n) is 6.64. The van der Waals surface area contributed by atoms with Crippen molar-refractivity contribution in [3.63, 3.8) is 0 Å². The highest BCUT2D eigenvalue weighted by atomic mass is 16.6. The maximum Gasteiger partial charge on any atom is 0.278 e. The Morgan fingerprint density at radius 2 is 2.10 bits per heavy atom. The lowest BCUT2D eigenvalue weighted by atomic mass is 10.1. The predicted octanol–water partition coefficient (Wildman–Crippen LogP) is 2.80. The average molecular weight is 274 g/mol. The van der Waals surface area contributed by atoms with Gasteiger partial charge in [-0.15, -0.1) is 0 Å². The molecule has 6 nitrogen and oxygen atoms in total. The highest BCUT2D eigenvalue weighted by molar-refractivity contribution is 5.47. The van der Waals surface area contributed by atoms with Crippen molar-refractivity contribution in [2.24, 2.45) is 0 Å². The van der Waals surface area contributed by atoms with Gasteiger partial charge >= 0.3 is 0 Å². The molecule has 0 spiro atoms. The van der Waals surface area contributed by atoms with E-state index in [-0.39, 0.29) is 10.6 Å². The van der Waals surface area contributed by atoms with Gasteiger partial charge in [0.2, 0.25) is 0 Å². The fraction of sp³-hybridized carbons (Fsp3) is 0.429. The molecular formula is C14H18N4O2. The van der Waals surface area contributed by atoms with Gasteiger partial charge in [-0.1, -0.05) is 6.92 Å². The van der Waals surface area contributed by atoms with Gasteiger partial charge in [-0.3, -0.25) is 15.1 Å². The molecule has 0 atom stereocenters. The summed E-state index contributed by atoms with van der Waals surface area (Å²) in [7, 11) is 0. The van der Waals surface area contributed by atoms with Crippen LogP contribution in [0.25, 0.3) is 0 Å². The molecule has 0 bridgehead atoms. The van der Waals surface area contributed by atoms with Crippen molar-refractivity contribution in [3.8, 4) is 0 Å². The highest BCUT2D eigenvalue weighted by Gasteiger charge is 2.19. The van der Waals surface area contributed by atoms with E-state index in [1.54, 1.807) is 26.2 Å². The number of hydrogen-bond acceptors (Lipinski definition) is 4. The third-order valence-corrected chi connectivity index (χ3v) is 3.35. The van der Waals surface area contributed by atoms with Crippen LogP contribution in [0, 0.1) is 24.0 Å². The molecule has 2 heterocycles. The molecule has 20 heavy (non-hydrogen) atoms. The summed E-state index contributed by atoms with van der Waals surface area (Å²) in [5.74, 6) is 0.983. The number of imidazole rings is 1. The molecule has 0 radical (unpaired) electrons. The Bertz CT molecular complexity index is 634. The predicted molar refractivity (Wildman–Crippen MR) is 75.7 cm³/mol. The molecule has 106 valence electrons. The van der Waals surface area contributed by atoms with Crippen molar-refractivity contribution in [1.29, 1.82) is 0 Å². The normalized spacial score (nSPS) is 10.8. The smallest absolute Gasteiger partial charge is 0.278 e. The van der Waals surface area contributed by atoms with E-state index in [9.17, 15) is 10.1 Å². The van der Waals surface area contributed by atoms with Crippen molar-refractivity contribution >= 4 is 5.69 Å². The van der Waals surface area contributed by atoms with Gasteiger partial charge in [0, 0.05) is 30.6 Å². The van der Waals surface area contributed by atoms with Crippen molar-refractivity contribution < 1.29 is 4.92 Å². The number of aryl methyl sites for hydroxylation is 2. The van der Waals surface area contributed by atoms with Crippen molar-refractivity contribution in [3.05, 3.63) is 51.4 Å². The third-order valence-electron chi connectivity index (χ3n) is 3.35. The fourth-order valence-electron chi connectivity index (χ4n) is 2.30. The summed E-state index contributed by atoms with van der Waals surface area (Å²) in [6.07, 6.45) is 7.11. The van der Waals surface area contributed by atoms with Crippen LogP contribution in [0.3, 0.4) is 0 Å². The van der Waals surface area contributed by atoms with Gasteiger partial charge in [-0.05, 0) is 20.3 Å². The minimum absolute atomic E-state index is 0.159.